The molecule has 0 aliphatic carbocycles. The number of nitrogens with zero attached hydrogens (tertiary/aromatic N) is 2. The summed E-state index contributed by atoms with van der Waals surface area (Å²) in [6.45, 7) is 0. The molecule has 0 spiro atoms. The van der Waals surface area contributed by atoms with E-state index >= 15 is 0 Å². The first-order chi connectivity index (χ1) is 12.1. The summed E-state index contributed by atoms with van der Waals surface area (Å²) in [5, 5.41) is 11.5. The number of pyridine rings is 1. The highest BCUT2D eigenvalue weighted by Gasteiger charge is 2.24. The third-order valence-corrected chi connectivity index (χ3v) is 4.31. The van der Waals surface area contributed by atoms with Crippen molar-refractivity contribution in [3.05, 3.63) is 59.8 Å². The van der Waals surface area contributed by atoms with Gasteiger partial charge in [0.1, 0.15) is 5.75 Å². The Balaban J connectivity index is 2.23. The predicted octanol–water partition coefficient (Wildman–Crippen LogP) is 3.61. The summed E-state index contributed by atoms with van der Waals surface area (Å²) in [5.74, 6) is 1.50. The van der Waals surface area contributed by atoms with Gasteiger partial charge < -0.3 is 14.6 Å². The normalized spacial score (nSPS) is 12.4. The molecule has 130 valence electrons. The maximum Gasteiger partial charge on any atom is 0.161 e. The molecular weight excluding hydrogens is 316 g/mol. The van der Waals surface area contributed by atoms with Gasteiger partial charge in [0.2, 0.25) is 0 Å². The lowest BCUT2D eigenvalue weighted by Crippen LogP contribution is -2.21. The monoisotopic (exact) mass is 338 g/mol. The molecule has 0 amide bonds. The first-order valence-corrected chi connectivity index (χ1v) is 8.01. The van der Waals surface area contributed by atoms with Crippen molar-refractivity contribution in [3.63, 3.8) is 0 Å². The highest BCUT2D eigenvalue weighted by atomic mass is 16.5. The van der Waals surface area contributed by atoms with Crippen molar-refractivity contribution in [1.82, 2.24) is 9.88 Å². The van der Waals surface area contributed by atoms with Gasteiger partial charge >= 0.3 is 0 Å². The molecule has 0 radical (unpaired) electrons. The minimum atomic E-state index is -0.160. The fraction of sp³-hybridized carbons (Fsp3) is 0.250. The van der Waals surface area contributed by atoms with E-state index in [1.807, 2.05) is 56.6 Å². The quantitative estimate of drug-likeness (QED) is 0.770. The summed E-state index contributed by atoms with van der Waals surface area (Å²) >= 11 is 0. The topological polar surface area (TPSA) is 54.8 Å². The Kier molecular flexibility index (Phi) is 4.76. The van der Waals surface area contributed by atoms with Crippen molar-refractivity contribution in [2.24, 2.45) is 0 Å². The molecule has 5 nitrogen and oxygen atoms in total. The fourth-order valence-electron chi connectivity index (χ4n) is 3.19. The summed E-state index contributed by atoms with van der Waals surface area (Å²) in [4.78, 5) is 6.38. The van der Waals surface area contributed by atoms with Crippen LogP contribution in [0.4, 0.5) is 0 Å². The van der Waals surface area contributed by atoms with Crippen molar-refractivity contribution in [3.8, 4) is 17.2 Å². The number of ether oxygens (including phenoxy) is 2. The molecule has 1 heterocycles. The van der Waals surface area contributed by atoms with Crippen LogP contribution in [-0.2, 0) is 0 Å². The van der Waals surface area contributed by atoms with E-state index in [1.54, 1.807) is 14.2 Å². The average molecular weight is 338 g/mol. The standard InChI is InChI=1S/C20H22N2O3/c1-22(2)20(13-9-10-17(24-3)18(11-13)25-4)19-14-7-5-6-8-15(14)21-12-16(19)23/h5-12,20,23H,1-4H3. The number of hydrogen-bond acceptors (Lipinski definition) is 5. The first kappa shape index (κ1) is 17.0. The predicted molar refractivity (Wildman–Crippen MR) is 98.5 cm³/mol. The SMILES string of the molecule is COc1ccc(C(c2c(O)cnc3ccccc23)N(C)C)cc1OC. The average Bonchev–Trinajstić information content (AvgIpc) is 2.63. The summed E-state index contributed by atoms with van der Waals surface area (Å²) < 4.78 is 10.8. The van der Waals surface area contributed by atoms with E-state index < -0.39 is 0 Å². The van der Waals surface area contributed by atoms with E-state index in [-0.39, 0.29) is 11.8 Å². The van der Waals surface area contributed by atoms with Crippen LogP contribution in [0.3, 0.4) is 0 Å². The van der Waals surface area contributed by atoms with Gasteiger partial charge in [0.15, 0.2) is 11.5 Å². The molecule has 0 aliphatic rings. The number of aromatic hydroxyl groups is 1. The molecule has 1 unspecified atom stereocenters. The number of para-hydroxylation sites is 1. The maximum absolute atomic E-state index is 10.6. The first-order valence-electron chi connectivity index (χ1n) is 8.01. The van der Waals surface area contributed by atoms with Crippen LogP contribution in [-0.4, -0.2) is 43.3 Å². The zero-order valence-corrected chi connectivity index (χ0v) is 14.9. The second-order valence-electron chi connectivity index (χ2n) is 6.05. The molecule has 3 rings (SSSR count). The van der Waals surface area contributed by atoms with Crippen LogP contribution in [0.2, 0.25) is 0 Å². The summed E-state index contributed by atoms with van der Waals surface area (Å²) in [7, 11) is 7.20. The molecule has 5 heteroatoms. The molecule has 0 fully saturated rings. The Morgan fingerprint density at radius 1 is 1.00 bits per heavy atom. The van der Waals surface area contributed by atoms with Crippen LogP contribution >= 0.6 is 0 Å². The molecule has 3 aromatic rings. The molecule has 1 atom stereocenters. The lowest BCUT2D eigenvalue weighted by molar-refractivity contribution is 0.328. The van der Waals surface area contributed by atoms with Gasteiger partial charge in [0.25, 0.3) is 0 Å². The zero-order valence-electron chi connectivity index (χ0n) is 14.9. The molecule has 25 heavy (non-hydrogen) atoms. The van der Waals surface area contributed by atoms with Gasteiger partial charge in [-0.3, -0.25) is 9.88 Å². The van der Waals surface area contributed by atoms with Crippen molar-refractivity contribution < 1.29 is 14.6 Å². The highest BCUT2D eigenvalue weighted by molar-refractivity contribution is 5.85. The fourth-order valence-corrected chi connectivity index (χ4v) is 3.19. The maximum atomic E-state index is 10.6. The lowest BCUT2D eigenvalue weighted by atomic mass is 9.93. The van der Waals surface area contributed by atoms with Gasteiger partial charge in [-0.2, -0.15) is 0 Å². The molecule has 1 N–H and O–H groups in total. The lowest BCUT2D eigenvalue weighted by Gasteiger charge is -2.27. The smallest absolute Gasteiger partial charge is 0.161 e. The second kappa shape index (κ2) is 6.99. The van der Waals surface area contributed by atoms with Crippen molar-refractivity contribution in [2.45, 2.75) is 6.04 Å². The van der Waals surface area contributed by atoms with Gasteiger partial charge in [-0.25, -0.2) is 0 Å². The Hall–Kier alpha value is -2.79. The zero-order chi connectivity index (χ0) is 18.0. The largest absolute Gasteiger partial charge is 0.506 e. The van der Waals surface area contributed by atoms with Gasteiger partial charge in [-0.1, -0.05) is 24.3 Å². The van der Waals surface area contributed by atoms with Crippen LogP contribution in [0.15, 0.2) is 48.7 Å². The van der Waals surface area contributed by atoms with E-state index in [0.717, 1.165) is 22.0 Å². The van der Waals surface area contributed by atoms with Gasteiger partial charge in [0, 0.05) is 10.9 Å². The van der Waals surface area contributed by atoms with Crippen LogP contribution < -0.4 is 9.47 Å². The van der Waals surface area contributed by atoms with Crippen LogP contribution in [0.5, 0.6) is 17.2 Å². The van der Waals surface area contributed by atoms with Crippen molar-refractivity contribution >= 4 is 10.9 Å². The highest BCUT2D eigenvalue weighted by Crippen LogP contribution is 2.39. The number of aromatic nitrogens is 1. The number of rotatable bonds is 5. The minimum Gasteiger partial charge on any atom is -0.506 e. The molecule has 0 saturated heterocycles. The number of fused-ring (bicyclic) bond motifs is 1. The molecule has 0 aliphatic heterocycles. The third-order valence-electron chi connectivity index (χ3n) is 4.31. The molecule has 2 aromatic carbocycles. The van der Waals surface area contributed by atoms with E-state index in [0.29, 0.717) is 11.5 Å². The minimum absolute atomic E-state index is 0.160. The Morgan fingerprint density at radius 2 is 1.72 bits per heavy atom. The van der Waals surface area contributed by atoms with E-state index in [4.69, 9.17) is 9.47 Å². The Bertz CT molecular complexity index is 893. The van der Waals surface area contributed by atoms with Gasteiger partial charge in [-0.15, -0.1) is 0 Å². The Morgan fingerprint density at radius 3 is 2.40 bits per heavy atom. The van der Waals surface area contributed by atoms with Crippen molar-refractivity contribution in [1.29, 1.82) is 0 Å². The van der Waals surface area contributed by atoms with E-state index in [2.05, 4.69) is 9.88 Å². The summed E-state index contributed by atoms with van der Waals surface area (Å²) in [5.41, 5.74) is 2.67. The van der Waals surface area contributed by atoms with E-state index in [1.165, 1.54) is 6.20 Å². The summed E-state index contributed by atoms with van der Waals surface area (Å²) in [6, 6.07) is 13.5. The van der Waals surface area contributed by atoms with Gasteiger partial charge in [0.05, 0.1) is 32.0 Å². The van der Waals surface area contributed by atoms with E-state index in [9.17, 15) is 5.11 Å². The molecule has 1 aromatic heterocycles. The molecule has 0 bridgehead atoms. The molecular formula is C20H22N2O3. The molecule has 0 saturated carbocycles. The number of benzene rings is 2. The van der Waals surface area contributed by atoms with Gasteiger partial charge in [-0.05, 0) is 37.9 Å². The summed E-state index contributed by atoms with van der Waals surface area (Å²) in [6.07, 6.45) is 1.51. The van der Waals surface area contributed by atoms with Crippen LogP contribution in [0.1, 0.15) is 17.2 Å². The van der Waals surface area contributed by atoms with Crippen LogP contribution in [0, 0.1) is 0 Å². The Labute approximate surface area is 147 Å². The second-order valence-corrected chi connectivity index (χ2v) is 6.05. The van der Waals surface area contributed by atoms with Crippen molar-refractivity contribution in [2.75, 3.05) is 28.3 Å². The number of methoxy groups -OCH3 is 2. The van der Waals surface area contributed by atoms with Crippen LogP contribution in [0.25, 0.3) is 10.9 Å². The number of hydrogen-bond donors (Lipinski definition) is 1. The third kappa shape index (κ3) is 3.10.